The summed E-state index contributed by atoms with van der Waals surface area (Å²) in [7, 11) is -3.64. The lowest BCUT2D eigenvalue weighted by molar-refractivity contribution is 0.0967. The highest BCUT2D eigenvalue weighted by atomic mass is 35.5. The molecule has 25 heavy (non-hydrogen) atoms. The summed E-state index contributed by atoms with van der Waals surface area (Å²) in [4.78, 5) is 12.5. The number of carbonyl (C=O) groups excluding carboxylic acids is 1. The van der Waals surface area contributed by atoms with Gasteiger partial charge in [-0.3, -0.25) is 9.36 Å². The van der Waals surface area contributed by atoms with Crippen LogP contribution in [-0.4, -0.2) is 12.5 Å². The van der Waals surface area contributed by atoms with Gasteiger partial charge < -0.3 is 9.84 Å². The number of nitrogens with one attached hydrogen (secondary N) is 1. The second kappa shape index (κ2) is 8.68. The van der Waals surface area contributed by atoms with Crippen molar-refractivity contribution in [1.29, 1.82) is 0 Å². The topological polar surface area (TPSA) is 55.4 Å². The fraction of sp³-hybridized carbons (Fsp3) is 0.167. The van der Waals surface area contributed by atoms with Gasteiger partial charge in [0, 0.05) is 10.9 Å². The lowest BCUT2D eigenvalue weighted by atomic mass is 10.1. The molecule has 0 heterocycles. The lowest BCUT2D eigenvalue weighted by Gasteiger charge is -2.22. The number of hydrogen-bond acceptors (Lipinski definition) is 3. The molecule has 7 heteroatoms. The van der Waals surface area contributed by atoms with Crippen LogP contribution in [0.3, 0.4) is 0 Å². The summed E-state index contributed by atoms with van der Waals surface area (Å²) in [5.41, 5.74) is 1.29. The fourth-order valence-corrected chi connectivity index (χ4v) is 4.89. The Labute approximate surface area is 157 Å². The van der Waals surface area contributed by atoms with Crippen LogP contribution in [0.15, 0.2) is 64.5 Å². The highest BCUT2D eigenvalue weighted by molar-refractivity contribution is 7.71. The number of aryl methyl sites for hydroxylation is 1. The Balaban J connectivity index is 2.42. The number of carbonyl (C=O) groups is 1. The van der Waals surface area contributed by atoms with Crippen LogP contribution in [0.4, 0.5) is 0 Å². The van der Waals surface area contributed by atoms with E-state index in [1.807, 2.05) is 6.92 Å². The van der Waals surface area contributed by atoms with Gasteiger partial charge in [-0.25, -0.2) is 0 Å². The summed E-state index contributed by atoms with van der Waals surface area (Å²) in [6, 6.07) is 15.5. The number of amides is 1. The van der Waals surface area contributed by atoms with Crippen molar-refractivity contribution in [2.24, 2.45) is 0 Å². The third-order valence-corrected chi connectivity index (χ3v) is 6.59. The van der Waals surface area contributed by atoms with E-state index in [0.29, 0.717) is 10.9 Å². The molecule has 0 saturated carbocycles. The van der Waals surface area contributed by atoms with Crippen molar-refractivity contribution in [3.63, 3.8) is 0 Å². The van der Waals surface area contributed by atoms with E-state index in [-0.39, 0.29) is 16.5 Å². The standard InChI is InChI=1S/C18H18Cl2NO3P/c1-3-24-25(23,15-7-5-4-6-8-15)18(16(19)20)21-17(22)14-11-9-13(2)10-12-14/h4-12H,3H2,1-2H3,(H,21,22)/t25-/m0/s1. The Bertz CT molecular complexity index is 816. The quantitative estimate of drug-likeness (QED) is 0.700. The third-order valence-electron chi connectivity index (χ3n) is 3.43. The van der Waals surface area contributed by atoms with Gasteiger partial charge in [-0.05, 0) is 38.1 Å². The molecule has 0 spiro atoms. The molecular formula is C18H18Cl2NO3P. The van der Waals surface area contributed by atoms with Crippen molar-refractivity contribution in [1.82, 2.24) is 5.32 Å². The largest absolute Gasteiger partial charge is 0.321 e. The van der Waals surface area contributed by atoms with E-state index in [9.17, 15) is 9.36 Å². The zero-order valence-electron chi connectivity index (χ0n) is 13.8. The van der Waals surface area contributed by atoms with Crippen molar-refractivity contribution in [2.45, 2.75) is 13.8 Å². The van der Waals surface area contributed by atoms with Crippen LogP contribution in [-0.2, 0) is 9.09 Å². The number of rotatable bonds is 6. The zero-order valence-corrected chi connectivity index (χ0v) is 16.2. The van der Waals surface area contributed by atoms with Crippen LogP contribution < -0.4 is 10.6 Å². The maximum absolute atomic E-state index is 13.5. The van der Waals surface area contributed by atoms with Crippen LogP contribution in [0, 0.1) is 6.92 Å². The normalized spacial score (nSPS) is 13.0. The number of halogens is 2. The molecule has 0 aromatic heterocycles. The first-order valence-electron chi connectivity index (χ1n) is 7.62. The average molecular weight is 398 g/mol. The Morgan fingerprint density at radius 3 is 2.20 bits per heavy atom. The summed E-state index contributed by atoms with van der Waals surface area (Å²) in [6.07, 6.45) is 0. The maximum atomic E-state index is 13.5. The fourth-order valence-electron chi connectivity index (χ4n) is 2.19. The van der Waals surface area contributed by atoms with Crippen LogP contribution in [0.2, 0.25) is 0 Å². The van der Waals surface area contributed by atoms with Crippen molar-refractivity contribution >= 4 is 41.8 Å². The molecule has 2 aromatic rings. The van der Waals surface area contributed by atoms with Gasteiger partial charge in [0.15, 0.2) is 0 Å². The SMILES string of the molecule is CCO[P@](=O)(C(NC(=O)c1ccc(C)cc1)=C(Cl)Cl)c1ccccc1. The van der Waals surface area contributed by atoms with Gasteiger partial charge in [0.1, 0.15) is 9.93 Å². The van der Waals surface area contributed by atoms with Gasteiger partial charge in [0.2, 0.25) is 0 Å². The van der Waals surface area contributed by atoms with Gasteiger partial charge in [-0.1, -0.05) is 59.1 Å². The van der Waals surface area contributed by atoms with Crippen molar-refractivity contribution in [3.05, 3.63) is 75.7 Å². The minimum atomic E-state index is -3.64. The molecule has 132 valence electrons. The maximum Gasteiger partial charge on any atom is 0.279 e. The molecule has 2 aromatic carbocycles. The minimum Gasteiger partial charge on any atom is -0.321 e. The van der Waals surface area contributed by atoms with Crippen molar-refractivity contribution < 1.29 is 13.9 Å². The second-order valence-electron chi connectivity index (χ2n) is 5.23. The third kappa shape index (κ3) is 4.74. The Morgan fingerprint density at radius 2 is 1.68 bits per heavy atom. The summed E-state index contributed by atoms with van der Waals surface area (Å²) in [5, 5.41) is 2.96. The van der Waals surface area contributed by atoms with Crippen LogP contribution in [0.25, 0.3) is 0 Å². The Morgan fingerprint density at radius 1 is 1.08 bits per heavy atom. The molecule has 4 nitrogen and oxygen atoms in total. The van der Waals surface area contributed by atoms with E-state index < -0.39 is 13.3 Å². The Kier molecular flexibility index (Phi) is 6.86. The molecular weight excluding hydrogens is 380 g/mol. The van der Waals surface area contributed by atoms with Crippen LogP contribution >= 0.6 is 30.6 Å². The molecule has 0 radical (unpaired) electrons. The minimum absolute atomic E-state index is 0.130. The molecule has 1 atom stereocenters. The van der Waals surface area contributed by atoms with Crippen molar-refractivity contribution in [3.8, 4) is 0 Å². The van der Waals surface area contributed by atoms with E-state index in [1.54, 1.807) is 61.5 Å². The van der Waals surface area contributed by atoms with Gasteiger partial charge in [0.25, 0.3) is 13.3 Å². The Hall–Kier alpha value is -1.58. The number of benzene rings is 2. The van der Waals surface area contributed by atoms with Gasteiger partial charge in [0.05, 0.1) is 6.61 Å². The monoisotopic (exact) mass is 397 g/mol. The van der Waals surface area contributed by atoms with Gasteiger partial charge >= 0.3 is 0 Å². The predicted molar refractivity (Wildman–Crippen MR) is 103 cm³/mol. The molecule has 0 aliphatic rings. The second-order valence-corrected chi connectivity index (χ2v) is 8.51. The summed E-state index contributed by atoms with van der Waals surface area (Å²) in [6.45, 7) is 3.79. The first-order chi connectivity index (χ1) is 11.9. The molecule has 1 N–H and O–H groups in total. The highest BCUT2D eigenvalue weighted by Crippen LogP contribution is 2.54. The average Bonchev–Trinajstić information content (AvgIpc) is 2.60. The lowest BCUT2D eigenvalue weighted by Crippen LogP contribution is -2.26. The van der Waals surface area contributed by atoms with E-state index in [4.69, 9.17) is 27.7 Å². The zero-order chi connectivity index (χ0) is 18.4. The predicted octanol–water partition coefficient (Wildman–Crippen LogP) is 4.97. The van der Waals surface area contributed by atoms with E-state index >= 15 is 0 Å². The van der Waals surface area contributed by atoms with E-state index in [2.05, 4.69) is 5.32 Å². The molecule has 2 rings (SSSR count). The first kappa shape index (κ1) is 19.7. The summed E-state index contributed by atoms with van der Waals surface area (Å²) in [5.74, 6) is -0.468. The van der Waals surface area contributed by atoms with Gasteiger partial charge in [-0.15, -0.1) is 0 Å². The molecule has 0 fully saturated rings. The van der Waals surface area contributed by atoms with E-state index in [1.165, 1.54) is 0 Å². The van der Waals surface area contributed by atoms with Crippen LogP contribution in [0.1, 0.15) is 22.8 Å². The molecule has 0 bridgehead atoms. The molecule has 1 amide bonds. The molecule has 0 aliphatic carbocycles. The number of hydrogen-bond donors (Lipinski definition) is 1. The molecule has 0 aliphatic heterocycles. The van der Waals surface area contributed by atoms with Crippen LogP contribution in [0.5, 0.6) is 0 Å². The summed E-state index contributed by atoms with van der Waals surface area (Å²) < 4.78 is 18.7. The van der Waals surface area contributed by atoms with Crippen molar-refractivity contribution in [2.75, 3.05) is 6.61 Å². The first-order valence-corrected chi connectivity index (χ1v) is 10.0. The molecule has 0 saturated heterocycles. The summed E-state index contributed by atoms with van der Waals surface area (Å²) >= 11 is 11.9. The highest BCUT2D eigenvalue weighted by Gasteiger charge is 2.34. The van der Waals surface area contributed by atoms with Gasteiger partial charge in [-0.2, -0.15) is 0 Å². The van der Waals surface area contributed by atoms with E-state index in [0.717, 1.165) is 5.56 Å². The smallest absolute Gasteiger partial charge is 0.279 e. The molecule has 0 unspecified atom stereocenters.